The van der Waals surface area contributed by atoms with Crippen molar-refractivity contribution in [3.8, 4) is 11.1 Å². The molecule has 108 valence electrons. The van der Waals surface area contributed by atoms with Gasteiger partial charge in [0.1, 0.15) is 5.78 Å². The highest BCUT2D eigenvalue weighted by Gasteiger charge is 2.27. The smallest absolute Gasteiger partial charge is 0.187 e. The molecule has 0 N–H and O–H groups in total. The van der Waals surface area contributed by atoms with Crippen molar-refractivity contribution in [2.75, 3.05) is 0 Å². The van der Waals surface area contributed by atoms with Gasteiger partial charge < -0.3 is 0 Å². The maximum atomic E-state index is 12.4. The molecule has 22 heavy (non-hydrogen) atoms. The molecule has 0 aliphatic heterocycles. The van der Waals surface area contributed by atoms with Crippen molar-refractivity contribution in [2.24, 2.45) is 5.92 Å². The van der Waals surface area contributed by atoms with Crippen LogP contribution in [0.2, 0.25) is 0 Å². The van der Waals surface area contributed by atoms with E-state index in [0.29, 0.717) is 0 Å². The van der Waals surface area contributed by atoms with Crippen molar-refractivity contribution in [1.29, 1.82) is 0 Å². The van der Waals surface area contributed by atoms with Gasteiger partial charge in [-0.3, -0.25) is 9.59 Å². The molecule has 4 rings (SSSR count). The van der Waals surface area contributed by atoms with Crippen molar-refractivity contribution in [1.82, 2.24) is 0 Å². The molecular weight excluding hydrogens is 272 g/mol. The number of carbonyl (C=O) groups excluding carboxylic acids is 2. The molecule has 0 fully saturated rings. The van der Waals surface area contributed by atoms with E-state index in [0.717, 1.165) is 32.7 Å². The van der Waals surface area contributed by atoms with Gasteiger partial charge in [-0.25, -0.2) is 0 Å². The minimum absolute atomic E-state index is 0.0436. The minimum atomic E-state index is -0.110. The Hall–Kier alpha value is -2.48. The van der Waals surface area contributed by atoms with Crippen LogP contribution in [-0.4, -0.2) is 11.6 Å². The van der Waals surface area contributed by atoms with Gasteiger partial charge in [0.25, 0.3) is 0 Å². The van der Waals surface area contributed by atoms with Crippen LogP contribution in [-0.2, 0) is 4.79 Å². The lowest BCUT2D eigenvalue weighted by atomic mass is 9.79. The summed E-state index contributed by atoms with van der Waals surface area (Å²) in [5.41, 5.74) is 3.85. The summed E-state index contributed by atoms with van der Waals surface area (Å²) in [7, 11) is 0. The van der Waals surface area contributed by atoms with E-state index in [4.69, 9.17) is 0 Å². The van der Waals surface area contributed by atoms with Crippen molar-refractivity contribution in [2.45, 2.75) is 19.8 Å². The largest absolute Gasteiger partial charge is 0.298 e. The van der Waals surface area contributed by atoms with E-state index in [1.807, 2.05) is 56.3 Å². The first-order valence-electron chi connectivity index (χ1n) is 7.62. The Labute approximate surface area is 128 Å². The fourth-order valence-corrected chi connectivity index (χ4v) is 3.63. The van der Waals surface area contributed by atoms with Gasteiger partial charge in [-0.2, -0.15) is 0 Å². The molecule has 0 saturated carbocycles. The fourth-order valence-electron chi connectivity index (χ4n) is 3.63. The quantitative estimate of drug-likeness (QED) is 0.746. The lowest BCUT2D eigenvalue weighted by Gasteiger charge is -2.23. The number of benzene rings is 2. The van der Waals surface area contributed by atoms with Crippen LogP contribution in [0.3, 0.4) is 0 Å². The zero-order valence-corrected chi connectivity index (χ0v) is 12.6. The van der Waals surface area contributed by atoms with E-state index < -0.39 is 0 Å². The summed E-state index contributed by atoms with van der Waals surface area (Å²) in [6.45, 7) is 3.88. The van der Waals surface area contributed by atoms with Crippen molar-refractivity contribution >= 4 is 23.7 Å². The average molecular weight is 288 g/mol. The molecule has 0 radical (unpaired) electrons. The molecule has 2 nitrogen and oxygen atoms in total. The van der Waals surface area contributed by atoms with Crippen molar-refractivity contribution < 1.29 is 9.59 Å². The third-order valence-electron chi connectivity index (χ3n) is 4.84. The molecule has 0 spiro atoms. The highest BCUT2D eigenvalue weighted by Crippen LogP contribution is 2.27. The summed E-state index contributed by atoms with van der Waals surface area (Å²) in [6.07, 6.45) is 3.73. The van der Waals surface area contributed by atoms with Crippen LogP contribution in [0.5, 0.6) is 0 Å². The van der Waals surface area contributed by atoms with E-state index >= 15 is 0 Å². The second-order valence-corrected chi connectivity index (χ2v) is 6.16. The lowest BCUT2D eigenvalue weighted by Crippen LogP contribution is -2.40. The van der Waals surface area contributed by atoms with Gasteiger partial charge >= 0.3 is 0 Å². The predicted molar refractivity (Wildman–Crippen MR) is 87.0 cm³/mol. The van der Waals surface area contributed by atoms with Gasteiger partial charge in [0.2, 0.25) is 0 Å². The zero-order valence-electron chi connectivity index (χ0n) is 12.6. The van der Waals surface area contributed by atoms with Crippen molar-refractivity contribution in [3.63, 3.8) is 0 Å². The van der Waals surface area contributed by atoms with Crippen LogP contribution < -0.4 is 10.4 Å². The van der Waals surface area contributed by atoms with E-state index in [1.54, 1.807) is 6.08 Å². The van der Waals surface area contributed by atoms with Crippen LogP contribution in [0.15, 0.2) is 36.4 Å². The highest BCUT2D eigenvalue weighted by molar-refractivity contribution is 6.22. The van der Waals surface area contributed by atoms with Crippen molar-refractivity contribution in [3.05, 3.63) is 58.0 Å². The van der Waals surface area contributed by atoms with Gasteiger partial charge in [0.05, 0.1) is 0 Å². The van der Waals surface area contributed by atoms with E-state index in [2.05, 4.69) is 0 Å². The molecule has 0 amide bonds. The summed E-state index contributed by atoms with van der Waals surface area (Å²) < 4.78 is 0. The Morgan fingerprint density at radius 1 is 0.818 bits per heavy atom. The number of carbonyl (C=O) groups is 2. The van der Waals surface area contributed by atoms with Crippen LogP contribution in [0.25, 0.3) is 23.3 Å². The fraction of sp³-hybridized carbons (Fsp3) is 0.200. The molecule has 0 saturated heterocycles. The molecule has 2 aliphatic rings. The Kier molecular flexibility index (Phi) is 2.70. The van der Waals surface area contributed by atoms with Crippen LogP contribution in [0.1, 0.15) is 35.7 Å². The topological polar surface area (TPSA) is 34.1 Å². The maximum absolute atomic E-state index is 12.4. The number of hydrogen-bond acceptors (Lipinski definition) is 2. The molecule has 2 aliphatic carbocycles. The van der Waals surface area contributed by atoms with Gasteiger partial charge in [0.15, 0.2) is 5.78 Å². The number of hydrogen-bond donors (Lipinski definition) is 0. The summed E-state index contributed by atoms with van der Waals surface area (Å²) in [5, 5.41) is 2.02. The molecule has 0 aromatic heterocycles. The Bertz CT molecular complexity index is 950. The average Bonchev–Trinajstić information content (AvgIpc) is 2.53. The van der Waals surface area contributed by atoms with Crippen LogP contribution in [0.4, 0.5) is 0 Å². The number of fused-ring (bicyclic) bond motifs is 5. The van der Waals surface area contributed by atoms with Gasteiger partial charge in [-0.05, 0) is 33.2 Å². The monoisotopic (exact) mass is 288 g/mol. The Morgan fingerprint density at radius 3 is 2.32 bits per heavy atom. The number of rotatable bonds is 0. The second kappa shape index (κ2) is 4.51. The Balaban J connectivity index is 2.13. The standard InChI is InChI=1S/C20H16O2/c1-11-9-17-13(12(2)20(11)22)7-8-15-14-5-3-4-6-16(14)19(21)10-18(15)17/h3-12H,1-2H3. The molecule has 2 unspecified atom stereocenters. The minimum Gasteiger partial charge on any atom is -0.298 e. The number of ketones is 2. The number of Topliss-reactive ketones (excluding diaryl/α,β-unsaturated/α-hetero) is 2. The maximum Gasteiger partial charge on any atom is 0.187 e. The molecular formula is C20H16O2. The molecule has 2 aromatic rings. The van der Waals surface area contributed by atoms with Crippen LogP contribution in [0, 0.1) is 5.92 Å². The summed E-state index contributed by atoms with van der Waals surface area (Å²) in [6, 6.07) is 11.8. The normalized spacial score (nSPS) is 22.1. The molecule has 0 heterocycles. The molecule has 2 heteroatoms. The van der Waals surface area contributed by atoms with Crippen LogP contribution >= 0.6 is 0 Å². The molecule has 2 atom stereocenters. The van der Waals surface area contributed by atoms with Gasteiger partial charge in [-0.15, -0.1) is 0 Å². The van der Waals surface area contributed by atoms with Gasteiger partial charge in [-0.1, -0.05) is 56.3 Å². The summed E-state index contributed by atoms with van der Waals surface area (Å²) >= 11 is 0. The third kappa shape index (κ3) is 1.67. The molecule has 2 aromatic carbocycles. The predicted octanol–water partition coefficient (Wildman–Crippen LogP) is 2.43. The second-order valence-electron chi connectivity index (χ2n) is 6.16. The third-order valence-corrected chi connectivity index (χ3v) is 4.84. The van der Waals surface area contributed by atoms with E-state index in [9.17, 15) is 9.59 Å². The first-order chi connectivity index (χ1) is 10.6. The molecule has 0 bridgehead atoms. The summed E-state index contributed by atoms with van der Waals surface area (Å²) in [5.74, 6) is 0.0766. The van der Waals surface area contributed by atoms with E-state index in [-0.39, 0.29) is 23.4 Å². The highest BCUT2D eigenvalue weighted by atomic mass is 16.1. The van der Waals surface area contributed by atoms with Gasteiger partial charge in [0, 0.05) is 17.4 Å². The lowest BCUT2D eigenvalue weighted by molar-refractivity contribution is -0.122. The van der Waals surface area contributed by atoms with E-state index in [1.165, 1.54) is 0 Å². The first-order valence-corrected chi connectivity index (χ1v) is 7.62. The Morgan fingerprint density at radius 2 is 1.55 bits per heavy atom. The first kappa shape index (κ1) is 13.2. The SMILES string of the molecule is CC1C=c2c(ccc3c2=CC(=O)c2ccccc2-3)C(C)C1=O. The zero-order chi connectivity index (χ0) is 15.4. The summed E-state index contributed by atoms with van der Waals surface area (Å²) in [4.78, 5) is 24.6.